The summed E-state index contributed by atoms with van der Waals surface area (Å²) < 4.78 is 0. The Hall–Kier alpha value is -1.84. The summed E-state index contributed by atoms with van der Waals surface area (Å²) in [5.41, 5.74) is 0.799. The predicted molar refractivity (Wildman–Crippen MR) is 83.1 cm³/mol. The molecule has 0 aliphatic rings. The molecule has 1 aromatic rings. The second kappa shape index (κ2) is 6.74. The van der Waals surface area contributed by atoms with Crippen molar-refractivity contribution < 1.29 is 14.7 Å². The van der Waals surface area contributed by atoms with Gasteiger partial charge in [-0.25, -0.2) is 4.79 Å². The molecule has 0 fully saturated rings. The van der Waals surface area contributed by atoms with Gasteiger partial charge >= 0.3 is 5.97 Å². The number of aromatic carboxylic acids is 1. The summed E-state index contributed by atoms with van der Waals surface area (Å²) in [5, 5.41) is 8.87. The zero-order valence-corrected chi connectivity index (χ0v) is 13.5. The minimum atomic E-state index is -0.941. The molecule has 4 nitrogen and oxygen atoms in total. The molecule has 0 saturated heterocycles. The summed E-state index contributed by atoms with van der Waals surface area (Å²) in [6, 6.07) is 6.63. The van der Waals surface area contributed by atoms with E-state index in [9.17, 15) is 9.59 Å². The second-order valence-electron chi connectivity index (χ2n) is 6.65. The van der Waals surface area contributed by atoms with Crippen LogP contribution in [0.2, 0.25) is 0 Å². The normalized spacial score (nSPS) is 11.5. The molecule has 1 amide bonds. The first-order chi connectivity index (χ1) is 9.63. The first kappa shape index (κ1) is 17.2. The third-order valence-corrected chi connectivity index (χ3v) is 3.46. The minimum absolute atomic E-state index is 0.110. The Morgan fingerprint density at radius 1 is 1.19 bits per heavy atom. The fourth-order valence-corrected chi connectivity index (χ4v) is 2.72. The Morgan fingerprint density at radius 2 is 1.71 bits per heavy atom. The van der Waals surface area contributed by atoms with Gasteiger partial charge < -0.3 is 10.0 Å². The molecule has 0 bridgehead atoms. The lowest BCUT2D eigenvalue weighted by molar-refractivity contribution is -0.140. The lowest BCUT2D eigenvalue weighted by Crippen LogP contribution is -2.38. The van der Waals surface area contributed by atoms with Crippen molar-refractivity contribution in [1.29, 1.82) is 0 Å². The molecular formula is C17H25NO3. The maximum atomic E-state index is 12.5. The highest BCUT2D eigenvalue weighted by molar-refractivity contribution is 5.87. The van der Waals surface area contributed by atoms with Crippen molar-refractivity contribution >= 4 is 11.9 Å². The van der Waals surface area contributed by atoms with E-state index >= 15 is 0 Å². The first-order valence-corrected chi connectivity index (χ1v) is 7.21. The van der Waals surface area contributed by atoms with Gasteiger partial charge in [0.25, 0.3) is 0 Å². The van der Waals surface area contributed by atoms with Crippen LogP contribution >= 0.6 is 0 Å². The van der Waals surface area contributed by atoms with E-state index in [0.717, 1.165) is 12.0 Å². The second-order valence-corrected chi connectivity index (χ2v) is 6.65. The Labute approximate surface area is 126 Å². The highest BCUT2D eigenvalue weighted by Gasteiger charge is 2.31. The lowest BCUT2D eigenvalue weighted by Gasteiger charge is -2.30. The highest BCUT2D eigenvalue weighted by Crippen LogP contribution is 2.28. The number of carboxylic acid groups (broad SMARTS) is 1. The van der Waals surface area contributed by atoms with Crippen molar-refractivity contribution in [3.8, 4) is 0 Å². The van der Waals surface area contributed by atoms with Crippen molar-refractivity contribution in [2.75, 3.05) is 7.05 Å². The summed E-state index contributed by atoms with van der Waals surface area (Å²) in [7, 11) is 1.79. The van der Waals surface area contributed by atoms with Crippen molar-refractivity contribution in [1.82, 2.24) is 4.90 Å². The van der Waals surface area contributed by atoms with Crippen LogP contribution < -0.4 is 0 Å². The quantitative estimate of drug-likeness (QED) is 0.873. The van der Waals surface area contributed by atoms with Crippen LogP contribution in [0.25, 0.3) is 0 Å². The number of carboxylic acids is 1. The van der Waals surface area contributed by atoms with Gasteiger partial charge in [0.1, 0.15) is 0 Å². The molecule has 1 aromatic carbocycles. The zero-order chi connectivity index (χ0) is 16.2. The fraction of sp³-hybridized carbons (Fsp3) is 0.529. The molecule has 0 unspecified atom stereocenters. The molecule has 0 radical (unpaired) electrons. The Balaban J connectivity index is 2.74. The van der Waals surface area contributed by atoms with Crippen molar-refractivity contribution in [2.45, 2.75) is 40.7 Å². The minimum Gasteiger partial charge on any atom is -0.478 e. The smallest absolute Gasteiger partial charge is 0.335 e. The summed E-state index contributed by atoms with van der Waals surface area (Å²) in [6.45, 7) is 8.65. The van der Waals surface area contributed by atoms with E-state index in [0.29, 0.717) is 12.5 Å². The number of amides is 1. The molecule has 116 valence electrons. The third kappa shape index (κ3) is 4.88. The van der Waals surface area contributed by atoms with Gasteiger partial charge in [-0.3, -0.25) is 4.79 Å². The van der Waals surface area contributed by atoms with Crippen LogP contribution in [0.4, 0.5) is 0 Å². The molecule has 0 aliphatic carbocycles. The van der Waals surface area contributed by atoms with Gasteiger partial charge in [0, 0.05) is 19.0 Å². The number of rotatable bonds is 6. The number of benzene rings is 1. The van der Waals surface area contributed by atoms with Gasteiger partial charge in [0.05, 0.1) is 5.56 Å². The molecule has 1 N–H and O–H groups in total. The van der Waals surface area contributed by atoms with Crippen LogP contribution in [0, 0.1) is 11.3 Å². The Morgan fingerprint density at radius 3 is 2.14 bits per heavy atom. The summed E-state index contributed by atoms with van der Waals surface area (Å²) in [5.74, 6) is -0.366. The van der Waals surface area contributed by atoms with Crippen LogP contribution in [0.15, 0.2) is 24.3 Å². The molecule has 0 atom stereocenters. The molecule has 0 aliphatic heterocycles. The topological polar surface area (TPSA) is 57.6 Å². The monoisotopic (exact) mass is 291 g/mol. The highest BCUT2D eigenvalue weighted by atomic mass is 16.4. The van der Waals surface area contributed by atoms with Crippen molar-refractivity contribution in [2.24, 2.45) is 11.3 Å². The van der Waals surface area contributed by atoms with Gasteiger partial charge in [-0.15, -0.1) is 0 Å². The Kier molecular flexibility index (Phi) is 5.53. The van der Waals surface area contributed by atoms with E-state index in [-0.39, 0.29) is 16.9 Å². The summed E-state index contributed by atoms with van der Waals surface area (Å²) in [6.07, 6.45) is 0.841. The largest absolute Gasteiger partial charge is 0.478 e. The van der Waals surface area contributed by atoms with Gasteiger partial charge in [-0.05, 0) is 30.0 Å². The van der Waals surface area contributed by atoms with Gasteiger partial charge in [-0.1, -0.05) is 39.8 Å². The number of hydrogen-bond donors (Lipinski definition) is 1. The summed E-state index contributed by atoms with van der Waals surface area (Å²) in [4.78, 5) is 25.0. The van der Waals surface area contributed by atoms with E-state index in [1.807, 2.05) is 13.8 Å². The van der Waals surface area contributed by atoms with Gasteiger partial charge in [0.2, 0.25) is 5.91 Å². The maximum absolute atomic E-state index is 12.5. The van der Waals surface area contributed by atoms with Crippen molar-refractivity contribution in [3.05, 3.63) is 35.4 Å². The predicted octanol–water partition coefficient (Wildman–Crippen LogP) is 3.42. The number of hydrogen-bond acceptors (Lipinski definition) is 2. The average Bonchev–Trinajstić information content (AvgIpc) is 2.36. The van der Waals surface area contributed by atoms with Crippen LogP contribution in [0.3, 0.4) is 0 Å². The van der Waals surface area contributed by atoms with Crippen LogP contribution in [-0.4, -0.2) is 28.9 Å². The van der Waals surface area contributed by atoms with Gasteiger partial charge in [-0.2, -0.15) is 0 Å². The van der Waals surface area contributed by atoms with Crippen LogP contribution in [0.1, 0.15) is 50.0 Å². The van der Waals surface area contributed by atoms with E-state index in [2.05, 4.69) is 13.8 Å². The van der Waals surface area contributed by atoms with Gasteiger partial charge in [0.15, 0.2) is 0 Å². The van der Waals surface area contributed by atoms with Crippen molar-refractivity contribution in [3.63, 3.8) is 0 Å². The molecule has 1 rings (SSSR count). The standard InChI is InChI=1S/C17H25NO3/c1-12(2)10-17(3,4)16(21)18(5)11-13-6-8-14(9-7-13)15(19)20/h6-9,12H,10-11H2,1-5H3,(H,19,20). The summed E-state index contributed by atoms with van der Waals surface area (Å²) >= 11 is 0. The Bertz CT molecular complexity index is 503. The number of nitrogens with zero attached hydrogens (tertiary/aromatic N) is 1. The van der Waals surface area contributed by atoms with E-state index in [4.69, 9.17) is 5.11 Å². The zero-order valence-electron chi connectivity index (χ0n) is 13.5. The fourth-order valence-electron chi connectivity index (χ4n) is 2.72. The lowest BCUT2D eigenvalue weighted by atomic mass is 9.82. The van der Waals surface area contributed by atoms with Crippen LogP contribution in [-0.2, 0) is 11.3 Å². The average molecular weight is 291 g/mol. The molecule has 4 heteroatoms. The molecule has 0 aromatic heterocycles. The number of carbonyl (C=O) groups excluding carboxylic acids is 1. The van der Waals surface area contributed by atoms with Crippen LogP contribution in [0.5, 0.6) is 0 Å². The van der Waals surface area contributed by atoms with E-state index in [1.165, 1.54) is 0 Å². The SMILES string of the molecule is CC(C)CC(C)(C)C(=O)N(C)Cc1ccc(C(=O)O)cc1. The molecular weight excluding hydrogens is 266 g/mol. The molecule has 0 spiro atoms. The van der Waals surface area contributed by atoms with E-state index < -0.39 is 5.97 Å². The van der Waals surface area contributed by atoms with E-state index in [1.54, 1.807) is 36.2 Å². The molecule has 21 heavy (non-hydrogen) atoms. The first-order valence-electron chi connectivity index (χ1n) is 7.21. The molecule has 0 heterocycles. The third-order valence-electron chi connectivity index (χ3n) is 3.46. The maximum Gasteiger partial charge on any atom is 0.335 e. The molecule has 0 saturated carbocycles. The number of carbonyl (C=O) groups is 2.